The number of ether oxygens (including phenoxy) is 1. The maximum atomic E-state index is 13.5. The van der Waals surface area contributed by atoms with Crippen LogP contribution in [0.15, 0.2) is 24.4 Å². The number of aliphatic hydroxyl groups is 1. The first-order valence-electron chi connectivity index (χ1n) is 13.3. The Labute approximate surface area is 222 Å². The van der Waals surface area contributed by atoms with E-state index < -0.39 is 15.2 Å². The van der Waals surface area contributed by atoms with Crippen LogP contribution in [0.3, 0.4) is 0 Å². The van der Waals surface area contributed by atoms with Crippen LogP contribution in [0.4, 0.5) is 5.95 Å². The van der Waals surface area contributed by atoms with Crippen LogP contribution in [-0.4, -0.2) is 60.3 Å². The third kappa shape index (κ3) is 5.87. The van der Waals surface area contributed by atoms with Crippen molar-refractivity contribution < 1.29 is 14.4 Å². The highest BCUT2D eigenvalue weighted by Crippen LogP contribution is 2.49. The minimum absolute atomic E-state index is 0.0568. The van der Waals surface area contributed by atoms with Crippen LogP contribution in [0.2, 0.25) is 25.7 Å². The van der Waals surface area contributed by atoms with Gasteiger partial charge in [-0.3, -0.25) is 0 Å². The van der Waals surface area contributed by atoms with Gasteiger partial charge in [-0.2, -0.15) is 0 Å². The van der Waals surface area contributed by atoms with Crippen LogP contribution < -0.4 is 10.6 Å². The van der Waals surface area contributed by atoms with Gasteiger partial charge in [0.2, 0.25) is 5.95 Å². The molecule has 1 aromatic carbocycles. The lowest BCUT2D eigenvalue weighted by Gasteiger charge is -2.33. The predicted octanol–water partition coefficient (Wildman–Crippen LogP) is 5.68. The van der Waals surface area contributed by atoms with Gasteiger partial charge in [0.05, 0.1) is 11.2 Å². The van der Waals surface area contributed by atoms with E-state index in [0.29, 0.717) is 19.1 Å². The second-order valence-electron chi connectivity index (χ2n) is 12.7. The molecule has 202 valence electrons. The van der Waals surface area contributed by atoms with E-state index in [4.69, 9.17) is 9.72 Å². The molecule has 0 saturated heterocycles. The van der Waals surface area contributed by atoms with Crippen LogP contribution in [0.25, 0.3) is 22.2 Å². The Morgan fingerprint density at radius 3 is 2.65 bits per heavy atom. The highest BCUT2D eigenvalue weighted by Gasteiger charge is 2.39. The van der Waals surface area contributed by atoms with E-state index in [9.17, 15) is 9.67 Å². The second kappa shape index (κ2) is 10.3. The largest absolute Gasteiger partial charge is 0.396 e. The molecule has 1 aliphatic rings. The molecular weight excluding hydrogens is 499 g/mol. The summed E-state index contributed by atoms with van der Waals surface area (Å²) in [5.74, 6) is 0.561. The van der Waals surface area contributed by atoms with Crippen LogP contribution in [-0.2, 0) is 27.9 Å². The van der Waals surface area contributed by atoms with Crippen LogP contribution in [0.1, 0.15) is 38.4 Å². The summed E-state index contributed by atoms with van der Waals surface area (Å²) in [6.45, 7) is 18.6. The molecule has 2 heterocycles. The number of hydrogen-bond acceptors (Lipinski definition) is 6. The molecule has 4 rings (SSSR count). The molecule has 0 bridgehead atoms. The Balaban J connectivity index is 1.92. The predicted molar refractivity (Wildman–Crippen MR) is 158 cm³/mol. The van der Waals surface area contributed by atoms with Crippen LogP contribution in [0.5, 0.6) is 0 Å². The summed E-state index contributed by atoms with van der Waals surface area (Å²) in [6, 6.07) is 7.30. The summed E-state index contributed by atoms with van der Waals surface area (Å²) < 4.78 is 22.1. The molecule has 0 radical (unpaired) electrons. The van der Waals surface area contributed by atoms with Gasteiger partial charge in [0.1, 0.15) is 13.9 Å². The van der Waals surface area contributed by atoms with Crippen molar-refractivity contribution in [3.8, 4) is 11.3 Å². The maximum Gasteiger partial charge on any atom is 0.223 e. The van der Waals surface area contributed by atoms with E-state index in [0.717, 1.165) is 52.1 Å². The summed E-state index contributed by atoms with van der Waals surface area (Å²) >= 11 is 0. The van der Waals surface area contributed by atoms with Crippen LogP contribution >= 0.6 is 7.14 Å². The number of aromatic nitrogens is 3. The molecule has 0 saturated carbocycles. The van der Waals surface area contributed by atoms with Crippen LogP contribution in [0, 0.1) is 0 Å². The molecule has 0 spiro atoms. The Hall–Kier alpha value is -1.99. The molecule has 0 amide bonds. The molecule has 3 aromatic rings. The van der Waals surface area contributed by atoms with E-state index >= 15 is 0 Å². The second-order valence-corrected chi connectivity index (χ2v) is 21.5. The molecule has 0 fully saturated rings. The molecule has 37 heavy (non-hydrogen) atoms. The molecule has 2 N–H and O–H groups in total. The topological polar surface area (TPSA) is 89.3 Å². The van der Waals surface area contributed by atoms with Crippen molar-refractivity contribution in [2.75, 3.05) is 31.9 Å². The molecule has 0 unspecified atom stereocenters. The first-order valence-corrected chi connectivity index (χ1v) is 19.6. The Kier molecular flexibility index (Phi) is 7.79. The Bertz CT molecular complexity index is 1340. The number of anilines is 1. The van der Waals surface area contributed by atoms with Gasteiger partial charge in [0.15, 0.2) is 0 Å². The van der Waals surface area contributed by atoms with Gasteiger partial charge >= 0.3 is 0 Å². The number of nitrogens with one attached hydrogen (secondary N) is 1. The molecule has 9 heteroatoms. The number of benzene rings is 1. The fourth-order valence-electron chi connectivity index (χ4n) is 5.30. The standard InChI is InChI=1S/C28H43N4O3PSi/c1-19(12-13-33)30-27-29-17-20-16-28(2,3)26-23(24(20)31-27)21-10-9-11-22(36(4,5)34)25(21)32(26)18-35-14-15-37(6,7)8/h9-11,17,19,33H,12-16,18H2,1-8H3,(H,29,30,31)/t19-/m0/s1. The molecule has 0 aliphatic heterocycles. The van der Waals surface area contributed by atoms with Crippen molar-refractivity contribution in [2.45, 2.75) is 77.5 Å². The van der Waals surface area contributed by atoms with Crippen molar-refractivity contribution in [3.63, 3.8) is 0 Å². The van der Waals surface area contributed by atoms with Gasteiger partial charge in [0.25, 0.3) is 0 Å². The highest BCUT2D eigenvalue weighted by molar-refractivity contribution is 7.70. The van der Waals surface area contributed by atoms with Gasteiger partial charge in [-0.05, 0) is 50.8 Å². The minimum Gasteiger partial charge on any atom is -0.396 e. The van der Waals surface area contributed by atoms with Gasteiger partial charge in [-0.15, -0.1) is 0 Å². The fourth-order valence-corrected chi connectivity index (χ4v) is 7.25. The Morgan fingerprint density at radius 2 is 2.00 bits per heavy atom. The summed E-state index contributed by atoms with van der Waals surface area (Å²) in [5.41, 5.74) is 5.11. The summed E-state index contributed by atoms with van der Waals surface area (Å²) in [4.78, 5) is 9.61. The average molecular weight is 543 g/mol. The van der Waals surface area contributed by atoms with Crippen molar-refractivity contribution in [1.29, 1.82) is 0 Å². The molecule has 7 nitrogen and oxygen atoms in total. The lowest BCUT2D eigenvalue weighted by atomic mass is 9.75. The number of hydrogen-bond donors (Lipinski definition) is 2. The van der Waals surface area contributed by atoms with E-state index in [2.05, 4.69) is 54.4 Å². The third-order valence-corrected chi connectivity index (χ3v) is 10.4. The van der Waals surface area contributed by atoms with E-state index in [1.54, 1.807) is 0 Å². The lowest BCUT2D eigenvalue weighted by Crippen LogP contribution is -2.30. The lowest BCUT2D eigenvalue weighted by molar-refractivity contribution is 0.0863. The van der Waals surface area contributed by atoms with E-state index in [1.807, 2.05) is 38.6 Å². The zero-order valence-corrected chi connectivity index (χ0v) is 25.6. The Morgan fingerprint density at radius 1 is 1.27 bits per heavy atom. The number of nitrogens with zero attached hydrogens (tertiary/aromatic N) is 3. The maximum absolute atomic E-state index is 13.5. The van der Waals surface area contributed by atoms with Crippen molar-refractivity contribution >= 4 is 37.4 Å². The molecule has 2 aromatic heterocycles. The fraction of sp³-hybridized carbons (Fsp3) is 0.571. The normalized spacial score (nSPS) is 15.9. The van der Waals surface area contributed by atoms with E-state index in [1.165, 1.54) is 5.69 Å². The first-order chi connectivity index (χ1) is 17.2. The SMILES string of the molecule is C[C@@H](CCO)Nc1ncc2c(n1)-c1c(n(COCC[Si](C)(C)C)c3c(P(C)(C)=O)cccc13)C(C)(C)C2. The molecule has 1 aliphatic carbocycles. The van der Waals surface area contributed by atoms with Crippen molar-refractivity contribution in [1.82, 2.24) is 14.5 Å². The number of para-hydroxylation sites is 1. The average Bonchev–Trinajstić information content (AvgIpc) is 3.12. The summed E-state index contributed by atoms with van der Waals surface area (Å²) in [5, 5.41) is 14.6. The zero-order valence-electron chi connectivity index (χ0n) is 23.7. The quantitative estimate of drug-likeness (QED) is 0.195. The van der Waals surface area contributed by atoms with Crippen molar-refractivity contribution in [3.05, 3.63) is 35.7 Å². The number of fused-ring (bicyclic) bond motifs is 5. The summed E-state index contributed by atoms with van der Waals surface area (Å²) in [6.07, 6.45) is 3.36. The minimum atomic E-state index is -2.56. The van der Waals surface area contributed by atoms with Gasteiger partial charge in [0, 0.05) is 60.9 Å². The first kappa shape index (κ1) is 28.0. The van der Waals surface area contributed by atoms with Gasteiger partial charge < -0.3 is 24.3 Å². The highest BCUT2D eigenvalue weighted by atomic mass is 31.2. The van der Waals surface area contributed by atoms with Gasteiger partial charge in [-0.25, -0.2) is 9.97 Å². The van der Waals surface area contributed by atoms with E-state index in [-0.39, 0.29) is 18.1 Å². The zero-order chi connectivity index (χ0) is 27.2. The monoisotopic (exact) mass is 542 g/mol. The number of aliphatic hydroxyl groups excluding tert-OH is 1. The number of rotatable bonds is 10. The molecular formula is C28H43N4O3PSi. The summed E-state index contributed by atoms with van der Waals surface area (Å²) in [7, 11) is -3.79. The third-order valence-electron chi connectivity index (χ3n) is 7.17. The van der Waals surface area contributed by atoms with Crippen molar-refractivity contribution in [2.24, 2.45) is 0 Å². The molecule has 1 atom stereocenters. The van der Waals surface area contributed by atoms with Gasteiger partial charge in [-0.1, -0.05) is 45.6 Å². The smallest absolute Gasteiger partial charge is 0.223 e.